The molecular weight excluding hydrogens is 216 g/mol. The molecule has 17 heavy (non-hydrogen) atoms. The van der Waals surface area contributed by atoms with Gasteiger partial charge >= 0.3 is 0 Å². The van der Waals surface area contributed by atoms with E-state index in [2.05, 4.69) is 5.32 Å². The number of nitrogens with zero attached hydrogens (tertiary/aromatic N) is 1. The predicted octanol–water partition coefficient (Wildman–Crippen LogP) is 0.610. The standard InChI is InChI=1S/C13H16N2O2/c1-10-2-4-11(5-3-10)12(16)8-15-7-6-14-13(17)9-15/h2-5H,6-9H2,1H3,(H,14,17). The lowest BCUT2D eigenvalue weighted by Crippen LogP contribution is -2.49. The molecule has 0 aliphatic carbocycles. The normalized spacial score (nSPS) is 16.6. The number of benzene rings is 1. The summed E-state index contributed by atoms with van der Waals surface area (Å²) in [6.07, 6.45) is 0. The zero-order valence-electron chi connectivity index (χ0n) is 9.90. The van der Waals surface area contributed by atoms with Gasteiger partial charge < -0.3 is 5.32 Å². The van der Waals surface area contributed by atoms with E-state index in [0.29, 0.717) is 25.2 Å². The van der Waals surface area contributed by atoms with Crippen LogP contribution in [-0.2, 0) is 4.79 Å². The van der Waals surface area contributed by atoms with Crippen molar-refractivity contribution < 1.29 is 9.59 Å². The van der Waals surface area contributed by atoms with Crippen molar-refractivity contribution in [3.8, 4) is 0 Å². The molecule has 4 heteroatoms. The number of hydrogen-bond acceptors (Lipinski definition) is 3. The highest BCUT2D eigenvalue weighted by Crippen LogP contribution is 2.05. The van der Waals surface area contributed by atoms with E-state index in [4.69, 9.17) is 0 Å². The van der Waals surface area contributed by atoms with E-state index < -0.39 is 0 Å². The lowest BCUT2D eigenvalue weighted by Gasteiger charge is -2.25. The van der Waals surface area contributed by atoms with Crippen molar-refractivity contribution in [3.05, 3.63) is 35.4 Å². The van der Waals surface area contributed by atoms with E-state index in [0.717, 1.165) is 12.1 Å². The molecule has 0 unspecified atom stereocenters. The Labute approximate surface area is 101 Å². The van der Waals surface area contributed by atoms with Crippen molar-refractivity contribution >= 4 is 11.7 Å². The first-order valence-electron chi connectivity index (χ1n) is 5.74. The lowest BCUT2D eigenvalue weighted by molar-refractivity contribution is -0.123. The largest absolute Gasteiger partial charge is 0.354 e. The molecule has 0 bridgehead atoms. The van der Waals surface area contributed by atoms with Gasteiger partial charge in [-0.25, -0.2) is 0 Å². The van der Waals surface area contributed by atoms with Crippen molar-refractivity contribution in [2.24, 2.45) is 0 Å². The first-order chi connectivity index (χ1) is 8.15. The van der Waals surface area contributed by atoms with Crippen LogP contribution >= 0.6 is 0 Å². The second-order valence-corrected chi connectivity index (χ2v) is 4.35. The number of nitrogens with one attached hydrogen (secondary N) is 1. The quantitative estimate of drug-likeness (QED) is 0.777. The highest BCUT2D eigenvalue weighted by Gasteiger charge is 2.18. The van der Waals surface area contributed by atoms with Gasteiger partial charge in [0.2, 0.25) is 5.91 Å². The molecule has 1 fully saturated rings. The summed E-state index contributed by atoms with van der Waals surface area (Å²) >= 11 is 0. The summed E-state index contributed by atoms with van der Waals surface area (Å²) in [6, 6.07) is 7.52. The van der Waals surface area contributed by atoms with Crippen molar-refractivity contribution in [2.45, 2.75) is 6.92 Å². The summed E-state index contributed by atoms with van der Waals surface area (Å²) in [7, 11) is 0. The zero-order valence-corrected chi connectivity index (χ0v) is 9.90. The number of piperazine rings is 1. The Morgan fingerprint density at radius 2 is 2.06 bits per heavy atom. The maximum absolute atomic E-state index is 12.0. The first-order valence-corrected chi connectivity index (χ1v) is 5.74. The molecule has 1 saturated heterocycles. The minimum Gasteiger partial charge on any atom is -0.354 e. The third kappa shape index (κ3) is 3.14. The summed E-state index contributed by atoms with van der Waals surface area (Å²) in [5.74, 6) is 0.0626. The van der Waals surface area contributed by atoms with Gasteiger partial charge in [-0.2, -0.15) is 0 Å². The van der Waals surface area contributed by atoms with Crippen LogP contribution in [0.25, 0.3) is 0 Å². The molecule has 1 N–H and O–H groups in total. The van der Waals surface area contributed by atoms with E-state index in [1.807, 2.05) is 36.1 Å². The Bertz CT molecular complexity index is 426. The Balaban J connectivity index is 1.96. The Morgan fingerprint density at radius 1 is 1.35 bits per heavy atom. The molecule has 2 rings (SSSR count). The molecule has 1 aliphatic heterocycles. The fourth-order valence-corrected chi connectivity index (χ4v) is 1.86. The van der Waals surface area contributed by atoms with E-state index in [-0.39, 0.29) is 11.7 Å². The van der Waals surface area contributed by atoms with Crippen molar-refractivity contribution in [2.75, 3.05) is 26.2 Å². The number of amides is 1. The topological polar surface area (TPSA) is 49.4 Å². The fourth-order valence-electron chi connectivity index (χ4n) is 1.86. The van der Waals surface area contributed by atoms with Crippen LogP contribution in [0.15, 0.2) is 24.3 Å². The van der Waals surface area contributed by atoms with Gasteiger partial charge in [-0.05, 0) is 6.92 Å². The molecule has 0 aromatic heterocycles. The smallest absolute Gasteiger partial charge is 0.234 e. The molecule has 1 heterocycles. The average Bonchev–Trinajstić information content (AvgIpc) is 2.29. The first kappa shape index (κ1) is 11.8. The number of ketones is 1. The minimum absolute atomic E-state index is 0.00652. The number of rotatable bonds is 3. The van der Waals surface area contributed by atoms with Crippen LogP contribution in [-0.4, -0.2) is 42.8 Å². The average molecular weight is 232 g/mol. The molecule has 0 radical (unpaired) electrons. The summed E-state index contributed by atoms with van der Waals surface area (Å²) in [4.78, 5) is 25.0. The van der Waals surface area contributed by atoms with Crippen LogP contribution in [0.5, 0.6) is 0 Å². The van der Waals surface area contributed by atoms with E-state index in [1.165, 1.54) is 0 Å². The van der Waals surface area contributed by atoms with E-state index >= 15 is 0 Å². The van der Waals surface area contributed by atoms with Crippen molar-refractivity contribution in [1.29, 1.82) is 0 Å². The second kappa shape index (κ2) is 5.10. The molecule has 0 spiro atoms. The monoisotopic (exact) mass is 232 g/mol. The minimum atomic E-state index is -0.00652. The van der Waals surface area contributed by atoms with Gasteiger partial charge in [0.15, 0.2) is 5.78 Å². The summed E-state index contributed by atoms with van der Waals surface area (Å²) in [5.41, 5.74) is 1.85. The van der Waals surface area contributed by atoms with Crippen LogP contribution in [0.1, 0.15) is 15.9 Å². The molecule has 4 nitrogen and oxygen atoms in total. The van der Waals surface area contributed by atoms with Crippen LogP contribution in [0.3, 0.4) is 0 Å². The van der Waals surface area contributed by atoms with Crippen LogP contribution in [0.4, 0.5) is 0 Å². The molecule has 0 atom stereocenters. The molecule has 0 saturated carbocycles. The summed E-state index contributed by atoms with van der Waals surface area (Å²) in [6.45, 7) is 3.99. The molecule has 1 aromatic rings. The van der Waals surface area contributed by atoms with Gasteiger partial charge in [-0.1, -0.05) is 29.8 Å². The maximum atomic E-state index is 12.0. The van der Waals surface area contributed by atoms with Gasteiger partial charge in [-0.15, -0.1) is 0 Å². The highest BCUT2D eigenvalue weighted by atomic mass is 16.2. The van der Waals surface area contributed by atoms with Crippen LogP contribution in [0, 0.1) is 6.92 Å². The Kier molecular flexibility index (Phi) is 3.54. The lowest BCUT2D eigenvalue weighted by atomic mass is 10.1. The number of carbonyl (C=O) groups is 2. The van der Waals surface area contributed by atoms with Gasteiger partial charge in [0.1, 0.15) is 0 Å². The van der Waals surface area contributed by atoms with E-state index in [1.54, 1.807) is 0 Å². The van der Waals surface area contributed by atoms with E-state index in [9.17, 15) is 9.59 Å². The number of Topliss-reactive ketones (excluding diaryl/α,β-unsaturated/α-hetero) is 1. The number of aryl methyl sites for hydroxylation is 1. The molecule has 1 aromatic carbocycles. The summed E-state index contributed by atoms with van der Waals surface area (Å²) < 4.78 is 0. The fraction of sp³-hybridized carbons (Fsp3) is 0.385. The second-order valence-electron chi connectivity index (χ2n) is 4.35. The SMILES string of the molecule is Cc1ccc(C(=O)CN2CCNC(=O)C2)cc1. The Morgan fingerprint density at radius 3 is 2.71 bits per heavy atom. The van der Waals surface area contributed by atoms with Gasteiger partial charge in [-0.3, -0.25) is 14.5 Å². The van der Waals surface area contributed by atoms with Gasteiger partial charge in [0, 0.05) is 18.7 Å². The third-order valence-electron chi connectivity index (χ3n) is 2.86. The third-order valence-corrected chi connectivity index (χ3v) is 2.86. The van der Waals surface area contributed by atoms with Gasteiger partial charge in [0.05, 0.1) is 13.1 Å². The number of hydrogen-bond donors (Lipinski definition) is 1. The van der Waals surface area contributed by atoms with Crippen LogP contribution < -0.4 is 5.32 Å². The maximum Gasteiger partial charge on any atom is 0.234 e. The molecular formula is C13H16N2O2. The van der Waals surface area contributed by atoms with Crippen LogP contribution in [0.2, 0.25) is 0 Å². The predicted molar refractivity (Wildman–Crippen MR) is 65.0 cm³/mol. The summed E-state index contributed by atoms with van der Waals surface area (Å²) in [5, 5.41) is 2.74. The molecule has 90 valence electrons. The zero-order chi connectivity index (χ0) is 12.3. The van der Waals surface area contributed by atoms with Crippen molar-refractivity contribution in [1.82, 2.24) is 10.2 Å². The van der Waals surface area contributed by atoms with Gasteiger partial charge in [0.25, 0.3) is 0 Å². The number of carbonyl (C=O) groups excluding carboxylic acids is 2. The van der Waals surface area contributed by atoms with Crippen molar-refractivity contribution in [3.63, 3.8) is 0 Å². The molecule has 1 aliphatic rings. The Hall–Kier alpha value is -1.68. The highest BCUT2D eigenvalue weighted by molar-refractivity contribution is 5.98. The molecule has 1 amide bonds.